The van der Waals surface area contributed by atoms with Gasteiger partial charge >= 0.3 is 0 Å². The second-order valence-corrected chi connectivity index (χ2v) is 5.19. The molecule has 2 rings (SSSR count). The number of nitrogens with one attached hydrogen (secondary N) is 2. The molecule has 0 aliphatic rings. The van der Waals surface area contributed by atoms with Gasteiger partial charge in [-0.05, 0) is 30.7 Å². The molecule has 0 aliphatic carbocycles. The summed E-state index contributed by atoms with van der Waals surface area (Å²) >= 11 is 0. The van der Waals surface area contributed by atoms with Gasteiger partial charge < -0.3 is 21.1 Å². The van der Waals surface area contributed by atoms with E-state index in [0.717, 1.165) is 6.42 Å². The second kappa shape index (κ2) is 8.57. The van der Waals surface area contributed by atoms with Crippen LogP contribution in [0.1, 0.15) is 23.7 Å². The first-order chi connectivity index (χ1) is 11.6. The Kier molecular flexibility index (Phi) is 6.19. The summed E-state index contributed by atoms with van der Waals surface area (Å²) in [5.41, 5.74) is 6.83. The maximum atomic E-state index is 12.1. The van der Waals surface area contributed by atoms with Crippen LogP contribution in [0.2, 0.25) is 0 Å². The van der Waals surface area contributed by atoms with E-state index >= 15 is 0 Å². The van der Waals surface area contributed by atoms with Gasteiger partial charge in [0.2, 0.25) is 5.91 Å². The van der Waals surface area contributed by atoms with Crippen LogP contribution < -0.4 is 21.1 Å². The maximum absolute atomic E-state index is 12.1. The molecule has 0 atom stereocenters. The predicted octanol–water partition coefficient (Wildman–Crippen LogP) is 2.62. The summed E-state index contributed by atoms with van der Waals surface area (Å²) in [5.74, 6) is -0.0668. The van der Waals surface area contributed by atoms with Gasteiger partial charge in [0.05, 0.1) is 18.7 Å². The summed E-state index contributed by atoms with van der Waals surface area (Å²) in [6.45, 7) is 2.68. The molecular formula is C18H21N3O3. The molecule has 0 saturated carbocycles. The maximum Gasteiger partial charge on any atom is 0.250 e. The number of amides is 2. The Morgan fingerprint density at radius 3 is 2.67 bits per heavy atom. The van der Waals surface area contributed by atoms with Crippen molar-refractivity contribution < 1.29 is 14.3 Å². The standard InChI is InChI=1S/C18H21N3O3/c1-2-10-24-14-7-5-6-13(11-14)21-17(22)12-20-16-9-4-3-8-15(16)18(19)23/h3-9,11,20H,2,10,12H2,1H3,(H2,19,23)(H,21,22). The zero-order chi connectivity index (χ0) is 17.4. The molecule has 0 aliphatic heterocycles. The highest BCUT2D eigenvalue weighted by molar-refractivity contribution is 6.00. The van der Waals surface area contributed by atoms with Crippen LogP contribution in [0.4, 0.5) is 11.4 Å². The molecule has 0 unspecified atom stereocenters. The topological polar surface area (TPSA) is 93.4 Å². The van der Waals surface area contributed by atoms with Crippen molar-refractivity contribution in [2.75, 3.05) is 23.8 Å². The fourth-order valence-corrected chi connectivity index (χ4v) is 2.12. The normalized spacial score (nSPS) is 10.0. The van der Waals surface area contributed by atoms with Crippen LogP contribution in [-0.2, 0) is 4.79 Å². The molecule has 0 radical (unpaired) electrons. The lowest BCUT2D eigenvalue weighted by Gasteiger charge is -2.11. The Morgan fingerprint density at radius 2 is 1.92 bits per heavy atom. The lowest BCUT2D eigenvalue weighted by atomic mass is 10.1. The van der Waals surface area contributed by atoms with Gasteiger partial charge in [0.1, 0.15) is 5.75 Å². The highest BCUT2D eigenvalue weighted by atomic mass is 16.5. The smallest absolute Gasteiger partial charge is 0.250 e. The Bertz CT molecular complexity index is 716. The average molecular weight is 327 g/mol. The zero-order valence-electron chi connectivity index (χ0n) is 13.5. The number of rotatable bonds is 8. The third-order valence-corrected chi connectivity index (χ3v) is 3.22. The minimum atomic E-state index is -0.542. The Balaban J connectivity index is 1.93. The van der Waals surface area contributed by atoms with Crippen LogP contribution in [-0.4, -0.2) is 25.0 Å². The number of nitrogens with two attached hydrogens (primary N) is 1. The van der Waals surface area contributed by atoms with Crippen LogP contribution >= 0.6 is 0 Å². The highest BCUT2D eigenvalue weighted by Crippen LogP contribution is 2.18. The summed E-state index contributed by atoms with van der Waals surface area (Å²) in [6, 6.07) is 14.0. The Labute approximate surface area is 141 Å². The van der Waals surface area contributed by atoms with Crippen molar-refractivity contribution in [3.05, 3.63) is 54.1 Å². The van der Waals surface area contributed by atoms with Crippen molar-refractivity contribution in [1.29, 1.82) is 0 Å². The van der Waals surface area contributed by atoms with Crippen LogP contribution in [0.5, 0.6) is 5.75 Å². The van der Waals surface area contributed by atoms with Crippen molar-refractivity contribution >= 4 is 23.2 Å². The number of carbonyl (C=O) groups is 2. The highest BCUT2D eigenvalue weighted by Gasteiger charge is 2.09. The molecule has 2 aromatic rings. The fraction of sp³-hybridized carbons (Fsp3) is 0.222. The Morgan fingerprint density at radius 1 is 1.12 bits per heavy atom. The first-order valence-electron chi connectivity index (χ1n) is 7.75. The minimum absolute atomic E-state index is 0.0182. The van der Waals surface area contributed by atoms with Crippen molar-refractivity contribution in [3.63, 3.8) is 0 Å². The van der Waals surface area contributed by atoms with Gasteiger partial charge in [0.25, 0.3) is 5.91 Å². The Hall–Kier alpha value is -3.02. The van der Waals surface area contributed by atoms with E-state index in [9.17, 15) is 9.59 Å². The van der Waals surface area contributed by atoms with Crippen LogP contribution in [0.15, 0.2) is 48.5 Å². The van der Waals surface area contributed by atoms with Crippen molar-refractivity contribution in [2.24, 2.45) is 5.73 Å². The molecule has 2 aromatic carbocycles. The van der Waals surface area contributed by atoms with Gasteiger partial charge in [0.15, 0.2) is 0 Å². The average Bonchev–Trinajstić information content (AvgIpc) is 2.58. The number of ether oxygens (including phenoxy) is 1. The molecule has 6 nitrogen and oxygen atoms in total. The number of hydrogen-bond donors (Lipinski definition) is 3. The van der Waals surface area contributed by atoms with Gasteiger partial charge in [-0.1, -0.05) is 25.1 Å². The van der Waals surface area contributed by atoms with Crippen LogP contribution in [0.3, 0.4) is 0 Å². The summed E-state index contributed by atoms with van der Waals surface area (Å²) < 4.78 is 5.53. The van der Waals surface area contributed by atoms with E-state index < -0.39 is 5.91 Å². The third-order valence-electron chi connectivity index (χ3n) is 3.22. The summed E-state index contributed by atoms with van der Waals surface area (Å²) in [5, 5.41) is 5.70. The molecule has 0 aromatic heterocycles. The minimum Gasteiger partial charge on any atom is -0.494 e. The largest absolute Gasteiger partial charge is 0.494 e. The number of benzene rings is 2. The lowest BCUT2D eigenvalue weighted by molar-refractivity contribution is -0.114. The monoisotopic (exact) mass is 327 g/mol. The summed E-state index contributed by atoms with van der Waals surface area (Å²) in [4.78, 5) is 23.4. The molecule has 24 heavy (non-hydrogen) atoms. The predicted molar refractivity (Wildman–Crippen MR) is 94.3 cm³/mol. The molecule has 0 fully saturated rings. The first kappa shape index (κ1) is 17.3. The summed E-state index contributed by atoms with van der Waals surface area (Å²) in [7, 11) is 0. The molecule has 0 heterocycles. The molecule has 126 valence electrons. The number of anilines is 2. The number of hydrogen-bond acceptors (Lipinski definition) is 4. The first-order valence-corrected chi connectivity index (χ1v) is 7.75. The summed E-state index contributed by atoms with van der Waals surface area (Å²) in [6.07, 6.45) is 0.916. The molecular weight excluding hydrogens is 306 g/mol. The molecule has 0 saturated heterocycles. The van der Waals surface area contributed by atoms with Gasteiger partial charge in [-0.2, -0.15) is 0 Å². The number of carbonyl (C=O) groups excluding carboxylic acids is 2. The molecule has 4 N–H and O–H groups in total. The second-order valence-electron chi connectivity index (χ2n) is 5.19. The van der Waals surface area contributed by atoms with E-state index in [2.05, 4.69) is 10.6 Å². The van der Waals surface area contributed by atoms with Crippen molar-refractivity contribution in [3.8, 4) is 5.75 Å². The molecule has 0 bridgehead atoms. The quantitative estimate of drug-likeness (QED) is 0.695. The number of para-hydroxylation sites is 1. The van der Waals surface area contributed by atoms with Gasteiger partial charge in [-0.25, -0.2) is 0 Å². The zero-order valence-corrected chi connectivity index (χ0v) is 13.5. The van der Waals surface area contributed by atoms with Crippen molar-refractivity contribution in [1.82, 2.24) is 0 Å². The van der Waals surface area contributed by atoms with E-state index in [1.54, 1.807) is 36.4 Å². The SMILES string of the molecule is CCCOc1cccc(NC(=O)CNc2ccccc2C(N)=O)c1. The van der Waals surface area contributed by atoms with E-state index in [1.807, 2.05) is 19.1 Å². The van der Waals surface area contributed by atoms with Gasteiger partial charge in [-0.3, -0.25) is 9.59 Å². The van der Waals surface area contributed by atoms with Crippen LogP contribution in [0, 0.1) is 0 Å². The fourth-order valence-electron chi connectivity index (χ4n) is 2.12. The lowest BCUT2D eigenvalue weighted by Crippen LogP contribution is -2.23. The van der Waals surface area contributed by atoms with Crippen molar-refractivity contribution in [2.45, 2.75) is 13.3 Å². The van der Waals surface area contributed by atoms with E-state index in [1.165, 1.54) is 0 Å². The van der Waals surface area contributed by atoms with Crippen LogP contribution in [0.25, 0.3) is 0 Å². The van der Waals surface area contributed by atoms with E-state index in [4.69, 9.17) is 10.5 Å². The van der Waals surface area contributed by atoms with Gasteiger partial charge in [0, 0.05) is 17.4 Å². The van der Waals surface area contributed by atoms with E-state index in [-0.39, 0.29) is 12.5 Å². The van der Waals surface area contributed by atoms with E-state index in [0.29, 0.717) is 29.3 Å². The molecule has 6 heteroatoms. The molecule has 0 spiro atoms. The third kappa shape index (κ3) is 5.01. The molecule has 2 amide bonds. The van der Waals surface area contributed by atoms with Gasteiger partial charge in [-0.15, -0.1) is 0 Å². The number of primary amides is 1.